The molecule has 1 aliphatic rings. The zero-order valence-electron chi connectivity index (χ0n) is 14.1. The molecule has 23 heavy (non-hydrogen) atoms. The highest BCUT2D eigenvalue weighted by molar-refractivity contribution is 5.92. The number of carbonyl (C=O) groups is 2. The van der Waals surface area contributed by atoms with Crippen molar-refractivity contribution >= 4 is 17.5 Å². The number of hydrogen-bond acceptors (Lipinski definition) is 2. The van der Waals surface area contributed by atoms with Crippen LogP contribution < -0.4 is 16.0 Å². The maximum absolute atomic E-state index is 12.3. The molecule has 4 N–H and O–H groups in total. The fourth-order valence-corrected chi connectivity index (χ4v) is 3.17. The maximum atomic E-state index is 12.3. The molecule has 1 aromatic rings. The van der Waals surface area contributed by atoms with E-state index in [1.165, 1.54) is 10.5 Å². The first-order valence-electron chi connectivity index (χ1n) is 8.53. The number of benzene rings is 1. The predicted molar refractivity (Wildman–Crippen MR) is 91.3 cm³/mol. The fourth-order valence-electron chi connectivity index (χ4n) is 3.17. The number of nitrogens with two attached hydrogens (primary N) is 1. The first-order valence-corrected chi connectivity index (χ1v) is 8.53. The van der Waals surface area contributed by atoms with Crippen molar-refractivity contribution in [1.82, 2.24) is 0 Å². The van der Waals surface area contributed by atoms with Crippen LogP contribution in [0.3, 0.4) is 0 Å². The van der Waals surface area contributed by atoms with Gasteiger partial charge in [0.05, 0.1) is 13.1 Å². The molecule has 0 saturated carbocycles. The number of hydrogen-bond donors (Lipinski definition) is 3. The van der Waals surface area contributed by atoms with Crippen molar-refractivity contribution < 1.29 is 14.5 Å². The third-order valence-electron chi connectivity index (χ3n) is 4.88. The summed E-state index contributed by atoms with van der Waals surface area (Å²) in [6.07, 6.45) is 2.60. The molecule has 1 fully saturated rings. The standard InChI is InChI=1S/C18H27N3O2/c1-3-13(2)15-6-4-5-7-16(15)20-17(22)12-21-10-8-14(9-11-21)18(19)23/h4-7,13-14H,3,8-12H2,1-2H3,(H2,19,23)(H,20,22)/p+1/t13-/m0/s1. The zero-order valence-corrected chi connectivity index (χ0v) is 14.1. The summed E-state index contributed by atoms with van der Waals surface area (Å²) in [6.45, 7) is 6.42. The molecule has 1 heterocycles. The Hall–Kier alpha value is -1.88. The Balaban J connectivity index is 1.90. The van der Waals surface area contributed by atoms with Gasteiger partial charge in [0.1, 0.15) is 0 Å². The molecule has 1 aromatic carbocycles. The van der Waals surface area contributed by atoms with Crippen molar-refractivity contribution in [2.24, 2.45) is 11.7 Å². The van der Waals surface area contributed by atoms with E-state index >= 15 is 0 Å². The summed E-state index contributed by atoms with van der Waals surface area (Å²) < 4.78 is 0. The normalized spacial score (nSPS) is 22.3. The molecule has 5 nitrogen and oxygen atoms in total. The van der Waals surface area contributed by atoms with Crippen LogP contribution in [0.15, 0.2) is 24.3 Å². The third-order valence-corrected chi connectivity index (χ3v) is 4.88. The Morgan fingerprint density at radius 1 is 1.30 bits per heavy atom. The highest BCUT2D eigenvalue weighted by Crippen LogP contribution is 2.26. The van der Waals surface area contributed by atoms with Crippen LogP contribution >= 0.6 is 0 Å². The Labute approximate surface area is 138 Å². The van der Waals surface area contributed by atoms with E-state index in [4.69, 9.17) is 5.73 Å². The van der Waals surface area contributed by atoms with Gasteiger partial charge >= 0.3 is 0 Å². The van der Waals surface area contributed by atoms with E-state index in [2.05, 4.69) is 25.2 Å². The third kappa shape index (κ3) is 4.79. The van der Waals surface area contributed by atoms with Crippen molar-refractivity contribution in [3.8, 4) is 0 Å². The second-order valence-corrected chi connectivity index (χ2v) is 6.55. The predicted octanol–water partition coefficient (Wildman–Crippen LogP) is 0.919. The quantitative estimate of drug-likeness (QED) is 0.729. The van der Waals surface area contributed by atoms with Crippen LogP contribution in [0.1, 0.15) is 44.6 Å². The van der Waals surface area contributed by atoms with E-state index in [0.717, 1.165) is 38.0 Å². The molecule has 1 atom stereocenters. The Kier molecular flexibility index (Phi) is 6.16. The maximum Gasteiger partial charge on any atom is 0.279 e. The van der Waals surface area contributed by atoms with E-state index in [1.54, 1.807) is 0 Å². The van der Waals surface area contributed by atoms with Gasteiger partial charge < -0.3 is 16.0 Å². The van der Waals surface area contributed by atoms with E-state index in [9.17, 15) is 9.59 Å². The Morgan fingerprint density at radius 3 is 2.57 bits per heavy atom. The molecular weight excluding hydrogens is 290 g/mol. The average Bonchev–Trinajstić information content (AvgIpc) is 2.55. The van der Waals surface area contributed by atoms with Gasteiger partial charge in [-0.1, -0.05) is 32.0 Å². The lowest BCUT2D eigenvalue weighted by molar-refractivity contribution is -0.897. The molecule has 126 valence electrons. The molecule has 0 unspecified atom stereocenters. The monoisotopic (exact) mass is 318 g/mol. The van der Waals surface area contributed by atoms with Crippen molar-refractivity contribution in [3.63, 3.8) is 0 Å². The highest BCUT2D eigenvalue weighted by Gasteiger charge is 2.27. The van der Waals surface area contributed by atoms with Gasteiger partial charge in [0.2, 0.25) is 5.91 Å². The molecule has 2 amide bonds. The summed E-state index contributed by atoms with van der Waals surface area (Å²) >= 11 is 0. The summed E-state index contributed by atoms with van der Waals surface area (Å²) in [5.74, 6) is 0.224. The lowest BCUT2D eigenvalue weighted by atomic mass is 9.96. The van der Waals surface area contributed by atoms with E-state index in [-0.39, 0.29) is 17.7 Å². The molecule has 1 aliphatic heterocycles. The molecule has 0 bridgehead atoms. The van der Waals surface area contributed by atoms with Gasteiger partial charge in [-0.15, -0.1) is 0 Å². The molecule has 0 radical (unpaired) electrons. The van der Waals surface area contributed by atoms with Gasteiger partial charge in [0, 0.05) is 24.4 Å². The number of quaternary nitrogens is 1. The number of para-hydroxylation sites is 1. The number of piperidine rings is 1. The van der Waals surface area contributed by atoms with Crippen LogP contribution in [0.2, 0.25) is 0 Å². The van der Waals surface area contributed by atoms with Gasteiger partial charge in [-0.05, 0) is 24.0 Å². The van der Waals surface area contributed by atoms with E-state index < -0.39 is 0 Å². The molecule has 0 spiro atoms. The molecule has 0 aromatic heterocycles. The first kappa shape index (κ1) is 17.5. The Bertz CT molecular complexity index is 551. The van der Waals surface area contributed by atoms with Crippen molar-refractivity contribution in [2.75, 3.05) is 25.0 Å². The summed E-state index contributed by atoms with van der Waals surface area (Å²) in [5.41, 5.74) is 7.45. The first-order chi connectivity index (χ1) is 11.0. The number of amides is 2. The SMILES string of the molecule is CC[C@H](C)c1ccccc1NC(=O)C[NH+]1CCC(C(N)=O)CC1. The van der Waals surface area contributed by atoms with Gasteiger partial charge in [-0.3, -0.25) is 9.59 Å². The molecule has 5 heteroatoms. The minimum absolute atomic E-state index is 0.0204. The van der Waals surface area contributed by atoms with Crippen LogP contribution in [-0.4, -0.2) is 31.4 Å². The number of primary amides is 1. The summed E-state index contributed by atoms with van der Waals surface area (Å²) in [4.78, 5) is 24.7. The zero-order chi connectivity index (χ0) is 16.8. The molecule has 0 aliphatic carbocycles. The van der Waals surface area contributed by atoms with Crippen LogP contribution in [-0.2, 0) is 9.59 Å². The van der Waals surface area contributed by atoms with Crippen LogP contribution in [0.5, 0.6) is 0 Å². The minimum Gasteiger partial charge on any atom is -0.369 e. The molecule has 2 rings (SSSR count). The number of likely N-dealkylation sites (tertiary alicyclic amines) is 1. The number of anilines is 1. The highest BCUT2D eigenvalue weighted by atomic mass is 16.2. The second-order valence-electron chi connectivity index (χ2n) is 6.55. The number of carbonyl (C=O) groups excluding carboxylic acids is 2. The van der Waals surface area contributed by atoms with Gasteiger partial charge in [0.25, 0.3) is 5.91 Å². The summed E-state index contributed by atoms with van der Waals surface area (Å²) in [6, 6.07) is 8.01. The lowest BCUT2D eigenvalue weighted by Gasteiger charge is -2.27. The second kappa shape index (κ2) is 8.11. The van der Waals surface area contributed by atoms with Gasteiger partial charge in [-0.25, -0.2) is 0 Å². The van der Waals surface area contributed by atoms with Crippen molar-refractivity contribution in [3.05, 3.63) is 29.8 Å². The van der Waals surface area contributed by atoms with Crippen molar-refractivity contribution in [1.29, 1.82) is 0 Å². The largest absolute Gasteiger partial charge is 0.369 e. The number of rotatable bonds is 6. The van der Waals surface area contributed by atoms with E-state index in [1.807, 2.05) is 18.2 Å². The lowest BCUT2D eigenvalue weighted by Crippen LogP contribution is -3.14. The van der Waals surface area contributed by atoms with Gasteiger partial charge in [-0.2, -0.15) is 0 Å². The van der Waals surface area contributed by atoms with Crippen LogP contribution in [0.4, 0.5) is 5.69 Å². The Morgan fingerprint density at radius 2 is 1.96 bits per heavy atom. The topological polar surface area (TPSA) is 76.6 Å². The molecular formula is C18H28N3O2+. The molecule has 1 saturated heterocycles. The average molecular weight is 318 g/mol. The minimum atomic E-state index is -0.212. The smallest absolute Gasteiger partial charge is 0.279 e. The fraction of sp³-hybridized carbons (Fsp3) is 0.556. The van der Waals surface area contributed by atoms with E-state index in [0.29, 0.717) is 12.5 Å². The van der Waals surface area contributed by atoms with Crippen LogP contribution in [0, 0.1) is 5.92 Å². The van der Waals surface area contributed by atoms with Crippen molar-refractivity contribution in [2.45, 2.75) is 39.0 Å². The number of nitrogens with one attached hydrogen (secondary N) is 2. The summed E-state index contributed by atoms with van der Waals surface area (Å²) in [5, 5.41) is 3.06. The van der Waals surface area contributed by atoms with Gasteiger partial charge in [0.15, 0.2) is 6.54 Å². The van der Waals surface area contributed by atoms with Crippen LogP contribution in [0.25, 0.3) is 0 Å². The summed E-state index contributed by atoms with van der Waals surface area (Å²) in [7, 11) is 0.